The Kier molecular flexibility index (Phi) is 6.62. The molecule has 2 aliphatic heterocycles. The topological polar surface area (TPSA) is 24.5 Å². The first-order chi connectivity index (χ1) is 9.27. The molecular formula is C16H32N2O. The van der Waals surface area contributed by atoms with Gasteiger partial charge < -0.3 is 10.1 Å². The van der Waals surface area contributed by atoms with E-state index in [1.165, 1.54) is 51.7 Å². The first kappa shape index (κ1) is 15.3. The third kappa shape index (κ3) is 5.05. The lowest BCUT2D eigenvalue weighted by atomic mass is 9.89. The Morgan fingerprint density at radius 3 is 2.68 bits per heavy atom. The molecule has 1 atom stereocenters. The maximum Gasteiger partial charge on any atom is 0.0593 e. The van der Waals surface area contributed by atoms with Gasteiger partial charge in [0.2, 0.25) is 0 Å². The lowest BCUT2D eigenvalue weighted by Crippen LogP contribution is -2.42. The predicted octanol–water partition coefficient (Wildman–Crippen LogP) is 2.51. The average Bonchev–Trinajstić information content (AvgIpc) is 2.87. The summed E-state index contributed by atoms with van der Waals surface area (Å²) in [5.41, 5.74) is 0. The lowest BCUT2D eigenvalue weighted by molar-refractivity contribution is 0.0777. The number of rotatable bonds is 7. The fourth-order valence-electron chi connectivity index (χ4n) is 3.50. The van der Waals surface area contributed by atoms with Crippen molar-refractivity contribution in [3.05, 3.63) is 0 Å². The quantitative estimate of drug-likeness (QED) is 0.718. The minimum atomic E-state index is 0.759. The van der Waals surface area contributed by atoms with Gasteiger partial charge in [0.1, 0.15) is 0 Å². The summed E-state index contributed by atoms with van der Waals surface area (Å²) in [6, 6.07) is 0.843. The van der Waals surface area contributed by atoms with E-state index in [9.17, 15) is 0 Å². The largest absolute Gasteiger partial charge is 0.380 e. The van der Waals surface area contributed by atoms with Crippen molar-refractivity contribution in [1.29, 1.82) is 0 Å². The molecule has 0 aliphatic carbocycles. The molecule has 0 spiro atoms. The molecule has 0 amide bonds. The zero-order valence-electron chi connectivity index (χ0n) is 12.9. The van der Waals surface area contributed by atoms with Crippen LogP contribution >= 0.6 is 0 Å². The highest BCUT2D eigenvalue weighted by Crippen LogP contribution is 2.29. The van der Waals surface area contributed by atoms with Crippen LogP contribution in [0.1, 0.15) is 46.0 Å². The number of nitrogens with zero attached hydrogens (tertiary/aromatic N) is 1. The fraction of sp³-hybridized carbons (Fsp3) is 1.00. The fourth-order valence-corrected chi connectivity index (χ4v) is 3.50. The molecule has 3 nitrogen and oxygen atoms in total. The van der Waals surface area contributed by atoms with Crippen LogP contribution < -0.4 is 5.32 Å². The summed E-state index contributed by atoms with van der Waals surface area (Å²) in [5, 5.41) is 3.48. The van der Waals surface area contributed by atoms with E-state index in [0.717, 1.165) is 37.6 Å². The molecule has 0 aromatic carbocycles. The van der Waals surface area contributed by atoms with E-state index >= 15 is 0 Å². The third-order valence-corrected chi connectivity index (χ3v) is 4.70. The smallest absolute Gasteiger partial charge is 0.0593 e. The van der Waals surface area contributed by atoms with Crippen molar-refractivity contribution in [2.75, 3.05) is 39.4 Å². The van der Waals surface area contributed by atoms with Crippen LogP contribution in [-0.2, 0) is 4.74 Å². The zero-order valence-corrected chi connectivity index (χ0v) is 12.9. The van der Waals surface area contributed by atoms with Crippen molar-refractivity contribution in [3.63, 3.8) is 0 Å². The van der Waals surface area contributed by atoms with Gasteiger partial charge in [-0.25, -0.2) is 0 Å². The van der Waals surface area contributed by atoms with Crippen LogP contribution in [0.5, 0.6) is 0 Å². The summed E-state index contributed by atoms with van der Waals surface area (Å²) in [7, 11) is 0. The van der Waals surface area contributed by atoms with Gasteiger partial charge in [-0.15, -0.1) is 0 Å². The number of likely N-dealkylation sites (tertiary alicyclic amines) is 1. The summed E-state index contributed by atoms with van der Waals surface area (Å²) < 4.78 is 5.79. The van der Waals surface area contributed by atoms with Crippen LogP contribution in [0.3, 0.4) is 0 Å². The standard InChI is InChI=1S/C16H32N2O/c1-14(2)7-12-19-13-11-18-10-3-4-16(18)15-5-8-17-9-6-15/h14-17H,3-13H2,1-2H3. The number of hydrogen-bond donors (Lipinski definition) is 1. The number of piperidine rings is 1. The Labute approximate surface area is 119 Å². The Hall–Kier alpha value is -0.120. The molecule has 0 aromatic rings. The second-order valence-electron chi connectivity index (χ2n) is 6.63. The third-order valence-electron chi connectivity index (χ3n) is 4.70. The Morgan fingerprint density at radius 2 is 1.95 bits per heavy atom. The number of hydrogen-bond acceptors (Lipinski definition) is 3. The molecule has 2 heterocycles. The monoisotopic (exact) mass is 268 g/mol. The van der Waals surface area contributed by atoms with Gasteiger partial charge in [-0.2, -0.15) is 0 Å². The highest BCUT2D eigenvalue weighted by molar-refractivity contribution is 4.87. The molecule has 112 valence electrons. The van der Waals surface area contributed by atoms with Gasteiger partial charge in [-0.05, 0) is 63.6 Å². The van der Waals surface area contributed by atoms with Crippen molar-refractivity contribution in [3.8, 4) is 0 Å². The van der Waals surface area contributed by atoms with Gasteiger partial charge in [-0.1, -0.05) is 13.8 Å². The zero-order chi connectivity index (χ0) is 13.5. The summed E-state index contributed by atoms with van der Waals surface area (Å²) in [5.74, 6) is 1.69. The maximum absolute atomic E-state index is 5.79. The minimum absolute atomic E-state index is 0.759. The van der Waals surface area contributed by atoms with E-state index in [1.54, 1.807) is 0 Å². The molecule has 3 heteroatoms. The van der Waals surface area contributed by atoms with Crippen molar-refractivity contribution in [2.24, 2.45) is 11.8 Å². The molecule has 0 aromatic heterocycles. The molecule has 2 rings (SSSR count). The van der Waals surface area contributed by atoms with Crippen LogP contribution in [0.15, 0.2) is 0 Å². The summed E-state index contributed by atoms with van der Waals surface area (Å²) >= 11 is 0. The van der Waals surface area contributed by atoms with E-state index in [2.05, 4.69) is 24.1 Å². The lowest BCUT2D eigenvalue weighted by Gasteiger charge is -2.34. The van der Waals surface area contributed by atoms with E-state index in [4.69, 9.17) is 4.74 Å². The van der Waals surface area contributed by atoms with Gasteiger partial charge in [0.25, 0.3) is 0 Å². The van der Waals surface area contributed by atoms with Gasteiger partial charge in [0.05, 0.1) is 6.61 Å². The van der Waals surface area contributed by atoms with Crippen molar-refractivity contribution in [2.45, 2.75) is 52.0 Å². The molecule has 19 heavy (non-hydrogen) atoms. The summed E-state index contributed by atoms with van der Waals surface area (Å²) in [6.07, 6.45) is 6.74. The molecule has 1 N–H and O–H groups in total. The molecule has 0 saturated carbocycles. The summed E-state index contributed by atoms with van der Waals surface area (Å²) in [6.45, 7) is 11.3. The maximum atomic E-state index is 5.79. The molecule has 2 saturated heterocycles. The van der Waals surface area contributed by atoms with Crippen LogP contribution in [0.4, 0.5) is 0 Å². The first-order valence-electron chi connectivity index (χ1n) is 8.30. The van der Waals surface area contributed by atoms with Crippen molar-refractivity contribution in [1.82, 2.24) is 10.2 Å². The second-order valence-corrected chi connectivity index (χ2v) is 6.63. The Bertz CT molecular complexity index is 239. The molecule has 0 bridgehead atoms. The SMILES string of the molecule is CC(C)CCOCCN1CCCC1C1CCNCC1. The van der Waals surface area contributed by atoms with Gasteiger partial charge in [0.15, 0.2) is 0 Å². The number of nitrogens with one attached hydrogen (secondary N) is 1. The number of ether oxygens (including phenoxy) is 1. The van der Waals surface area contributed by atoms with Crippen LogP contribution in [0.25, 0.3) is 0 Å². The second kappa shape index (κ2) is 8.23. The van der Waals surface area contributed by atoms with Crippen molar-refractivity contribution < 1.29 is 4.74 Å². The van der Waals surface area contributed by atoms with E-state index in [0.29, 0.717) is 0 Å². The highest BCUT2D eigenvalue weighted by atomic mass is 16.5. The van der Waals surface area contributed by atoms with E-state index in [-0.39, 0.29) is 0 Å². The average molecular weight is 268 g/mol. The van der Waals surface area contributed by atoms with Crippen molar-refractivity contribution >= 4 is 0 Å². The normalized spacial score (nSPS) is 26.4. The van der Waals surface area contributed by atoms with Crippen LogP contribution in [0.2, 0.25) is 0 Å². The molecule has 2 aliphatic rings. The van der Waals surface area contributed by atoms with Gasteiger partial charge >= 0.3 is 0 Å². The Morgan fingerprint density at radius 1 is 1.16 bits per heavy atom. The van der Waals surface area contributed by atoms with Crippen LogP contribution in [-0.4, -0.2) is 50.3 Å². The minimum Gasteiger partial charge on any atom is -0.380 e. The molecule has 2 fully saturated rings. The predicted molar refractivity (Wildman–Crippen MR) is 80.5 cm³/mol. The van der Waals surface area contributed by atoms with E-state index in [1.807, 2.05) is 0 Å². The van der Waals surface area contributed by atoms with E-state index < -0.39 is 0 Å². The Balaban J connectivity index is 1.64. The molecule has 0 radical (unpaired) electrons. The molecular weight excluding hydrogens is 236 g/mol. The van der Waals surface area contributed by atoms with Gasteiger partial charge in [0, 0.05) is 19.2 Å². The summed E-state index contributed by atoms with van der Waals surface area (Å²) in [4.78, 5) is 2.70. The first-order valence-corrected chi connectivity index (χ1v) is 8.30. The van der Waals surface area contributed by atoms with Crippen LogP contribution in [0, 0.1) is 11.8 Å². The highest BCUT2D eigenvalue weighted by Gasteiger charge is 2.31. The van der Waals surface area contributed by atoms with Gasteiger partial charge in [-0.3, -0.25) is 4.90 Å². The molecule has 1 unspecified atom stereocenters.